The molecule has 4 nitrogen and oxygen atoms in total. The molecule has 1 aromatic heterocycles. The van der Waals surface area contributed by atoms with Crippen LogP contribution in [0.15, 0.2) is 5.51 Å². The van der Waals surface area contributed by atoms with E-state index in [9.17, 15) is 4.79 Å². The number of hydrogen-bond acceptors (Lipinski definition) is 4. The first-order valence-electron chi connectivity index (χ1n) is 4.47. The Bertz CT molecular complexity index is 311. The fourth-order valence-electron chi connectivity index (χ4n) is 1.06. The third-order valence-electron chi connectivity index (χ3n) is 1.98. The SMILES string of the molecule is CNCCN(C)C(=O)c1scnc1C. The molecule has 0 aliphatic rings. The maximum atomic E-state index is 11.8. The molecule has 0 saturated heterocycles. The van der Waals surface area contributed by atoms with Gasteiger partial charge in [0, 0.05) is 20.1 Å². The molecule has 0 saturated carbocycles. The summed E-state index contributed by atoms with van der Waals surface area (Å²) in [5, 5.41) is 3.01. The van der Waals surface area contributed by atoms with E-state index in [-0.39, 0.29) is 5.91 Å². The Balaban J connectivity index is 2.61. The maximum Gasteiger partial charge on any atom is 0.265 e. The van der Waals surface area contributed by atoms with Gasteiger partial charge < -0.3 is 10.2 Å². The van der Waals surface area contributed by atoms with Gasteiger partial charge in [-0.15, -0.1) is 11.3 Å². The number of carbonyl (C=O) groups excluding carboxylic acids is 1. The number of nitrogens with zero attached hydrogens (tertiary/aromatic N) is 2. The average Bonchev–Trinajstić information content (AvgIpc) is 2.59. The topological polar surface area (TPSA) is 45.2 Å². The van der Waals surface area contributed by atoms with E-state index in [0.717, 1.165) is 17.1 Å². The van der Waals surface area contributed by atoms with Crippen molar-refractivity contribution in [1.29, 1.82) is 0 Å². The number of thiazole rings is 1. The van der Waals surface area contributed by atoms with Crippen LogP contribution in [0.1, 0.15) is 15.4 Å². The van der Waals surface area contributed by atoms with E-state index >= 15 is 0 Å². The standard InChI is InChI=1S/C9H15N3OS/c1-7-8(14-6-11-7)9(13)12(3)5-4-10-2/h6,10H,4-5H2,1-3H3. The van der Waals surface area contributed by atoms with Gasteiger partial charge in [0.15, 0.2) is 0 Å². The summed E-state index contributed by atoms with van der Waals surface area (Å²) in [6, 6.07) is 0. The van der Waals surface area contributed by atoms with Gasteiger partial charge in [0.25, 0.3) is 5.91 Å². The Kier molecular flexibility index (Phi) is 4.03. The van der Waals surface area contributed by atoms with Crippen molar-refractivity contribution < 1.29 is 4.79 Å². The monoisotopic (exact) mass is 213 g/mol. The quantitative estimate of drug-likeness (QED) is 0.802. The van der Waals surface area contributed by atoms with Crippen LogP contribution in [0.4, 0.5) is 0 Å². The van der Waals surface area contributed by atoms with Crippen LogP contribution in [-0.4, -0.2) is 43.0 Å². The van der Waals surface area contributed by atoms with Crippen LogP contribution in [0.3, 0.4) is 0 Å². The Morgan fingerprint density at radius 1 is 1.71 bits per heavy atom. The summed E-state index contributed by atoms with van der Waals surface area (Å²) in [5.41, 5.74) is 2.52. The second-order valence-electron chi connectivity index (χ2n) is 3.10. The molecule has 0 radical (unpaired) electrons. The third-order valence-corrected chi connectivity index (χ3v) is 2.90. The highest BCUT2D eigenvalue weighted by Crippen LogP contribution is 2.13. The van der Waals surface area contributed by atoms with Crippen molar-refractivity contribution >= 4 is 17.2 Å². The fourth-order valence-corrected chi connectivity index (χ4v) is 1.86. The largest absolute Gasteiger partial charge is 0.340 e. The molecule has 0 spiro atoms. The molecule has 1 aromatic rings. The molecule has 1 rings (SSSR count). The number of rotatable bonds is 4. The highest BCUT2D eigenvalue weighted by molar-refractivity contribution is 7.11. The first kappa shape index (κ1) is 11.1. The number of aromatic nitrogens is 1. The zero-order chi connectivity index (χ0) is 10.6. The molecule has 1 amide bonds. The Hall–Kier alpha value is -0.940. The van der Waals surface area contributed by atoms with Crippen molar-refractivity contribution in [2.45, 2.75) is 6.92 Å². The highest BCUT2D eigenvalue weighted by Gasteiger charge is 2.15. The molecular formula is C9H15N3OS. The van der Waals surface area contributed by atoms with Crippen LogP contribution in [0, 0.1) is 6.92 Å². The lowest BCUT2D eigenvalue weighted by atomic mass is 10.3. The van der Waals surface area contributed by atoms with E-state index in [1.807, 2.05) is 14.0 Å². The molecule has 0 bridgehead atoms. The second-order valence-corrected chi connectivity index (χ2v) is 3.95. The second kappa shape index (κ2) is 5.07. The van der Waals surface area contributed by atoms with E-state index in [0.29, 0.717) is 6.54 Å². The molecule has 0 unspecified atom stereocenters. The summed E-state index contributed by atoms with van der Waals surface area (Å²) >= 11 is 1.40. The van der Waals surface area contributed by atoms with Gasteiger partial charge in [-0.2, -0.15) is 0 Å². The van der Waals surface area contributed by atoms with Crippen LogP contribution < -0.4 is 5.32 Å². The normalized spacial score (nSPS) is 10.2. The summed E-state index contributed by atoms with van der Waals surface area (Å²) in [4.78, 5) is 18.3. The number of amides is 1. The lowest BCUT2D eigenvalue weighted by Crippen LogP contribution is -2.32. The van der Waals surface area contributed by atoms with Crippen molar-refractivity contribution in [1.82, 2.24) is 15.2 Å². The number of carbonyl (C=O) groups is 1. The van der Waals surface area contributed by atoms with E-state index in [2.05, 4.69) is 10.3 Å². The van der Waals surface area contributed by atoms with Crippen molar-refractivity contribution in [3.63, 3.8) is 0 Å². The predicted octanol–water partition coefficient (Wildman–Crippen LogP) is 0.743. The van der Waals surface area contributed by atoms with Crippen LogP contribution in [0.2, 0.25) is 0 Å². The van der Waals surface area contributed by atoms with Crippen molar-refractivity contribution in [3.05, 3.63) is 16.1 Å². The minimum atomic E-state index is 0.0558. The summed E-state index contributed by atoms with van der Waals surface area (Å²) in [7, 11) is 3.68. The van der Waals surface area contributed by atoms with Gasteiger partial charge in [0.05, 0.1) is 11.2 Å². The minimum Gasteiger partial charge on any atom is -0.340 e. The molecule has 14 heavy (non-hydrogen) atoms. The van der Waals surface area contributed by atoms with E-state index < -0.39 is 0 Å². The van der Waals surface area contributed by atoms with Gasteiger partial charge in [-0.3, -0.25) is 4.79 Å². The average molecular weight is 213 g/mol. The van der Waals surface area contributed by atoms with Gasteiger partial charge in [0.2, 0.25) is 0 Å². The highest BCUT2D eigenvalue weighted by atomic mass is 32.1. The molecule has 0 fully saturated rings. The summed E-state index contributed by atoms with van der Waals surface area (Å²) in [6.07, 6.45) is 0. The molecule has 0 atom stereocenters. The van der Waals surface area contributed by atoms with Gasteiger partial charge >= 0.3 is 0 Å². The molecule has 1 heterocycles. The number of nitrogens with one attached hydrogen (secondary N) is 1. The predicted molar refractivity (Wildman–Crippen MR) is 57.7 cm³/mol. The van der Waals surface area contributed by atoms with Crippen LogP contribution >= 0.6 is 11.3 Å². The smallest absolute Gasteiger partial charge is 0.265 e. The van der Waals surface area contributed by atoms with Gasteiger partial charge in [-0.05, 0) is 14.0 Å². The van der Waals surface area contributed by atoms with E-state index in [4.69, 9.17) is 0 Å². The van der Waals surface area contributed by atoms with E-state index in [1.54, 1.807) is 17.5 Å². The lowest BCUT2D eigenvalue weighted by molar-refractivity contribution is 0.0800. The molecule has 0 aliphatic carbocycles. The summed E-state index contributed by atoms with van der Waals surface area (Å²) in [6.45, 7) is 3.38. The van der Waals surface area contributed by atoms with Crippen LogP contribution in [0.25, 0.3) is 0 Å². The van der Waals surface area contributed by atoms with Crippen LogP contribution in [0.5, 0.6) is 0 Å². The molecule has 1 N–H and O–H groups in total. The number of hydrogen-bond donors (Lipinski definition) is 1. The van der Waals surface area contributed by atoms with Crippen molar-refractivity contribution in [2.24, 2.45) is 0 Å². The maximum absolute atomic E-state index is 11.8. The summed E-state index contributed by atoms with van der Waals surface area (Å²) < 4.78 is 0. The molecule has 0 aromatic carbocycles. The van der Waals surface area contributed by atoms with Gasteiger partial charge in [-0.25, -0.2) is 4.98 Å². The summed E-state index contributed by atoms with van der Waals surface area (Å²) in [5.74, 6) is 0.0558. The minimum absolute atomic E-state index is 0.0558. The zero-order valence-electron chi connectivity index (χ0n) is 8.70. The Morgan fingerprint density at radius 2 is 2.43 bits per heavy atom. The molecule has 5 heteroatoms. The molecule has 78 valence electrons. The Morgan fingerprint density at radius 3 is 2.93 bits per heavy atom. The first-order valence-corrected chi connectivity index (χ1v) is 5.35. The number of likely N-dealkylation sites (N-methyl/N-ethyl adjacent to an activating group) is 2. The van der Waals surface area contributed by atoms with Crippen molar-refractivity contribution in [2.75, 3.05) is 27.2 Å². The number of aryl methyl sites for hydroxylation is 1. The lowest BCUT2D eigenvalue weighted by Gasteiger charge is -2.15. The Labute approximate surface area is 88.0 Å². The first-order chi connectivity index (χ1) is 6.66. The van der Waals surface area contributed by atoms with E-state index in [1.165, 1.54) is 11.3 Å². The molecule has 0 aliphatic heterocycles. The zero-order valence-corrected chi connectivity index (χ0v) is 9.52. The van der Waals surface area contributed by atoms with Gasteiger partial charge in [0.1, 0.15) is 4.88 Å². The van der Waals surface area contributed by atoms with Crippen LogP contribution in [-0.2, 0) is 0 Å². The fraction of sp³-hybridized carbons (Fsp3) is 0.556. The van der Waals surface area contributed by atoms with Gasteiger partial charge in [-0.1, -0.05) is 0 Å². The molecular weight excluding hydrogens is 198 g/mol. The van der Waals surface area contributed by atoms with Crippen molar-refractivity contribution in [3.8, 4) is 0 Å². The third kappa shape index (κ3) is 2.52.